The van der Waals surface area contributed by atoms with Crippen molar-refractivity contribution in [2.45, 2.75) is 37.4 Å². The van der Waals surface area contributed by atoms with Gasteiger partial charge in [0.25, 0.3) is 0 Å². The van der Waals surface area contributed by atoms with Crippen LogP contribution in [0.3, 0.4) is 0 Å². The van der Waals surface area contributed by atoms with Gasteiger partial charge in [0, 0.05) is 5.92 Å². The molecule has 0 aromatic rings. The molecule has 3 rings (SSSR count). The fourth-order valence-electron chi connectivity index (χ4n) is 2.24. The van der Waals surface area contributed by atoms with Crippen LogP contribution in [0.5, 0.6) is 0 Å². The monoisotopic (exact) mass is 229 g/mol. The van der Waals surface area contributed by atoms with Gasteiger partial charge in [0.2, 0.25) is 15.9 Å². The molecule has 1 amide bonds. The molecule has 15 heavy (non-hydrogen) atoms. The van der Waals surface area contributed by atoms with Gasteiger partial charge < -0.3 is 0 Å². The van der Waals surface area contributed by atoms with Gasteiger partial charge >= 0.3 is 0 Å². The minimum Gasteiger partial charge on any atom is -0.274 e. The van der Waals surface area contributed by atoms with Crippen molar-refractivity contribution in [3.05, 3.63) is 0 Å². The van der Waals surface area contributed by atoms with Crippen molar-refractivity contribution < 1.29 is 13.2 Å². The predicted molar refractivity (Wildman–Crippen MR) is 54.4 cm³/mol. The second kappa shape index (κ2) is 2.97. The van der Waals surface area contributed by atoms with E-state index in [4.69, 9.17) is 0 Å². The van der Waals surface area contributed by atoms with Crippen molar-refractivity contribution in [2.75, 3.05) is 0 Å². The molecular formula is C10H15NO3S. The molecule has 0 aromatic heterocycles. The normalized spacial score (nSPS) is 34.9. The van der Waals surface area contributed by atoms with Crippen LogP contribution in [0.2, 0.25) is 0 Å². The molecule has 2 atom stereocenters. The number of hydrogen-bond donors (Lipinski definition) is 1. The first-order valence-electron chi connectivity index (χ1n) is 5.63. The zero-order valence-corrected chi connectivity index (χ0v) is 9.29. The van der Waals surface area contributed by atoms with Crippen molar-refractivity contribution in [3.63, 3.8) is 0 Å². The molecule has 1 N–H and O–H groups in total. The molecule has 4 nitrogen and oxygen atoms in total. The lowest BCUT2D eigenvalue weighted by Crippen LogP contribution is -2.34. The zero-order valence-electron chi connectivity index (χ0n) is 8.48. The summed E-state index contributed by atoms with van der Waals surface area (Å²) in [7, 11) is -3.32. The van der Waals surface area contributed by atoms with E-state index in [1.165, 1.54) is 12.8 Å². The lowest BCUT2D eigenvalue weighted by Gasteiger charge is -2.04. The molecule has 0 saturated heterocycles. The second-order valence-electron chi connectivity index (χ2n) is 5.05. The van der Waals surface area contributed by atoms with Crippen molar-refractivity contribution >= 4 is 15.9 Å². The van der Waals surface area contributed by atoms with Gasteiger partial charge in [0.05, 0.1) is 5.25 Å². The minimum absolute atomic E-state index is 0.00831. The van der Waals surface area contributed by atoms with E-state index in [1.807, 2.05) is 0 Å². The van der Waals surface area contributed by atoms with E-state index >= 15 is 0 Å². The summed E-state index contributed by atoms with van der Waals surface area (Å²) in [4.78, 5) is 11.6. The molecule has 0 aromatic carbocycles. The molecular weight excluding hydrogens is 214 g/mol. The first-order valence-corrected chi connectivity index (χ1v) is 7.18. The highest BCUT2D eigenvalue weighted by molar-refractivity contribution is 7.90. The number of carbonyl (C=O) groups is 1. The van der Waals surface area contributed by atoms with Gasteiger partial charge in [-0.2, -0.15) is 0 Å². The molecule has 3 aliphatic carbocycles. The van der Waals surface area contributed by atoms with Crippen molar-refractivity contribution in [2.24, 2.45) is 17.8 Å². The van der Waals surface area contributed by atoms with Gasteiger partial charge in [-0.1, -0.05) is 0 Å². The van der Waals surface area contributed by atoms with E-state index in [-0.39, 0.29) is 17.1 Å². The van der Waals surface area contributed by atoms with Crippen LogP contribution in [0.15, 0.2) is 0 Å². The van der Waals surface area contributed by atoms with E-state index in [9.17, 15) is 13.2 Å². The van der Waals surface area contributed by atoms with E-state index in [1.54, 1.807) is 0 Å². The predicted octanol–water partition coefficient (Wildman–Crippen LogP) is 0.641. The number of amides is 1. The van der Waals surface area contributed by atoms with Crippen LogP contribution in [-0.2, 0) is 14.8 Å². The maximum atomic E-state index is 11.6. The van der Waals surface area contributed by atoms with Crippen molar-refractivity contribution in [3.8, 4) is 0 Å². The zero-order chi connectivity index (χ0) is 10.6. The minimum atomic E-state index is -3.32. The molecule has 3 fully saturated rings. The van der Waals surface area contributed by atoms with Crippen LogP contribution in [0.4, 0.5) is 0 Å². The summed E-state index contributed by atoms with van der Waals surface area (Å²) in [5.74, 6) is 0.939. The standard InChI is InChI=1S/C10H15NO3S/c12-10(9-5-8(9)6-1-2-6)11-15(13,14)7-3-4-7/h6-9H,1-5H2,(H,11,12)/t8-,9-/m0/s1. The number of rotatable bonds is 4. The Bertz CT molecular complexity index is 395. The second-order valence-corrected chi connectivity index (χ2v) is 7.01. The maximum Gasteiger partial charge on any atom is 0.237 e. The fourth-order valence-corrected chi connectivity index (χ4v) is 3.59. The van der Waals surface area contributed by atoms with Crippen LogP contribution in [-0.4, -0.2) is 19.6 Å². The molecule has 84 valence electrons. The van der Waals surface area contributed by atoms with Gasteiger partial charge in [-0.3, -0.25) is 9.52 Å². The summed E-state index contributed by atoms with van der Waals surface area (Å²) in [6, 6.07) is 0. The van der Waals surface area contributed by atoms with E-state index in [2.05, 4.69) is 4.72 Å². The largest absolute Gasteiger partial charge is 0.274 e. The van der Waals surface area contributed by atoms with Crippen molar-refractivity contribution in [1.82, 2.24) is 4.72 Å². The highest BCUT2D eigenvalue weighted by atomic mass is 32.2. The Hall–Kier alpha value is -0.580. The molecule has 0 radical (unpaired) electrons. The first-order chi connectivity index (χ1) is 7.08. The third-order valence-corrected chi connectivity index (χ3v) is 5.44. The Morgan fingerprint density at radius 2 is 1.80 bits per heavy atom. The smallest absolute Gasteiger partial charge is 0.237 e. The van der Waals surface area contributed by atoms with Crippen LogP contribution in [0.1, 0.15) is 32.1 Å². The van der Waals surface area contributed by atoms with Crippen LogP contribution in [0.25, 0.3) is 0 Å². The fraction of sp³-hybridized carbons (Fsp3) is 0.900. The molecule has 5 heteroatoms. The lowest BCUT2D eigenvalue weighted by molar-refractivity contribution is -0.120. The Morgan fingerprint density at radius 3 is 2.33 bits per heavy atom. The van der Waals surface area contributed by atoms with Gasteiger partial charge in [-0.05, 0) is 43.9 Å². The summed E-state index contributed by atoms with van der Waals surface area (Å²) in [6.45, 7) is 0. The van der Waals surface area contributed by atoms with Gasteiger partial charge in [-0.15, -0.1) is 0 Å². The molecule has 0 unspecified atom stereocenters. The number of nitrogens with one attached hydrogen (secondary N) is 1. The number of hydrogen-bond acceptors (Lipinski definition) is 3. The highest BCUT2D eigenvalue weighted by Crippen LogP contribution is 2.54. The Labute approximate surface area is 89.5 Å². The van der Waals surface area contributed by atoms with Crippen LogP contribution >= 0.6 is 0 Å². The summed E-state index contributed by atoms with van der Waals surface area (Å²) >= 11 is 0. The van der Waals surface area contributed by atoms with E-state index in [0.29, 0.717) is 24.7 Å². The van der Waals surface area contributed by atoms with Crippen molar-refractivity contribution in [1.29, 1.82) is 0 Å². The molecule has 3 saturated carbocycles. The average Bonchev–Trinajstić information content (AvgIpc) is 2.95. The first kappa shape index (κ1) is 9.63. The Kier molecular flexibility index (Phi) is 1.90. The molecule has 0 spiro atoms. The number of sulfonamides is 1. The summed E-state index contributed by atoms with van der Waals surface area (Å²) in [6.07, 6.45) is 4.77. The lowest BCUT2D eigenvalue weighted by atomic mass is 10.2. The summed E-state index contributed by atoms with van der Waals surface area (Å²) in [5, 5.41) is -0.292. The van der Waals surface area contributed by atoms with E-state index in [0.717, 1.165) is 6.42 Å². The molecule has 0 heterocycles. The van der Waals surface area contributed by atoms with Crippen LogP contribution < -0.4 is 4.72 Å². The van der Waals surface area contributed by atoms with Gasteiger partial charge in [-0.25, -0.2) is 8.42 Å². The summed E-state index contributed by atoms with van der Waals surface area (Å²) < 4.78 is 25.2. The Balaban J connectivity index is 1.57. The third kappa shape index (κ3) is 1.89. The van der Waals surface area contributed by atoms with Gasteiger partial charge in [0.15, 0.2) is 0 Å². The van der Waals surface area contributed by atoms with E-state index < -0.39 is 10.0 Å². The van der Waals surface area contributed by atoms with Gasteiger partial charge in [0.1, 0.15) is 0 Å². The Morgan fingerprint density at radius 1 is 1.13 bits per heavy atom. The number of carbonyl (C=O) groups excluding carboxylic acids is 1. The third-order valence-electron chi connectivity index (χ3n) is 3.61. The molecule has 3 aliphatic rings. The molecule has 0 bridgehead atoms. The average molecular weight is 229 g/mol. The highest BCUT2D eigenvalue weighted by Gasteiger charge is 2.52. The quantitative estimate of drug-likeness (QED) is 0.769. The van der Waals surface area contributed by atoms with Crippen LogP contribution in [0, 0.1) is 17.8 Å². The SMILES string of the molecule is O=C(NS(=O)(=O)C1CC1)[C@H]1C[C@H]1C1CC1. The maximum absolute atomic E-state index is 11.6. The topological polar surface area (TPSA) is 63.2 Å². The molecule has 0 aliphatic heterocycles. The summed E-state index contributed by atoms with van der Waals surface area (Å²) in [5.41, 5.74) is 0.